The summed E-state index contributed by atoms with van der Waals surface area (Å²) in [5, 5.41) is 12.3. The van der Waals surface area contributed by atoms with Crippen LogP contribution in [0.2, 0.25) is 0 Å². The van der Waals surface area contributed by atoms with Gasteiger partial charge in [0.2, 0.25) is 0 Å². The summed E-state index contributed by atoms with van der Waals surface area (Å²) < 4.78 is 4.68. The Morgan fingerprint density at radius 2 is 2.06 bits per heavy atom. The van der Waals surface area contributed by atoms with Crippen molar-refractivity contribution in [2.24, 2.45) is 5.92 Å². The van der Waals surface area contributed by atoms with Crippen LogP contribution in [0.25, 0.3) is 0 Å². The maximum Gasteiger partial charge on any atom is 0.308 e. The summed E-state index contributed by atoms with van der Waals surface area (Å²) >= 11 is 0. The van der Waals surface area contributed by atoms with Crippen LogP contribution in [-0.4, -0.2) is 36.9 Å². The second-order valence-electron chi connectivity index (χ2n) is 4.35. The molecule has 2 N–H and O–H groups in total. The first-order valence-electron chi connectivity index (χ1n) is 5.99. The lowest BCUT2D eigenvalue weighted by Gasteiger charge is -2.23. The lowest BCUT2D eigenvalue weighted by atomic mass is 10.0. The van der Waals surface area contributed by atoms with Crippen molar-refractivity contribution in [1.82, 2.24) is 5.32 Å². The Bertz CT molecular complexity index is 197. The average Bonchev–Trinajstić information content (AvgIpc) is 2.27. The number of carbonyl (C=O) groups excluding carboxylic acids is 1. The van der Waals surface area contributed by atoms with E-state index in [-0.39, 0.29) is 24.5 Å². The highest BCUT2D eigenvalue weighted by atomic mass is 16.5. The fraction of sp³-hybridized carbons (Fsp3) is 0.917. The molecule has 96 valence electrons. The Hall–Kier alpha value is -0.610. The van der Waals surface area contributed by atoms with Crippen molar-refractivity contribution in [2.75, 3.05) is 13.7 Å². The molecule has 0 aromatic heterocycles. The van der Waals surface area contributed by atoms with Gasteiger partial charge in [-0.1, -0.05) is 13.8 Å². The molecule has 0 bridgehead atoms. The van der Waals surface area contributed by atoms with Gasteiger partial charge in [-0.05, 0) is 26.2 Å². The molecule has 0 spiro atoms. The number of ether oxygens (including phenoxy) is 1. The molecule has 0 fully saturated rings. The molecule has 16 heavy (non-hydrogen) atoms. The van der Waals surface area contributed by atoms with E-state index in [4.69, 9.17) is 5.11 Å². The minimum Gasteiger partial charge on any atom is -0.469 e. The zero-order valence-corrected chi connectivity index (χ0v) is 10.8. The number of rotatable bonds is 8. The molecule has 0 saturated heterocycles. The van der Waals surface area contributed by atoms with E-state index in [1.165, 1.54) is 7.11 Å². The van der Waals surface area contributed by atoms with Crippen LogP contribution in [0.1, 0.15) is 40.0 Å². The van der Waals surface area contributed by atoms with Gasteiger partial charge in [-0.15, -0.1) is 0 Å². The number of nitrogens with one attached hydrogen (secondary N) is 1. The second-order valence-corrected chi connectivity index (χ2v) is 4.35. The molecule has 4 heteroatoms. The van der Waals surface area contributed by atoms with Crippen molar-refractivity contribution in [3.8, 4) is 0 Å². The van der Waals surface area contributed by atoms with Crippen LogP contribution < -0.4 is 5.32 Å². The SMILES string of the molecule is CCC(CCO)NC(C)CC(C)C(=O)OC. The van der Waals surface area contributed by atoms with E-state index >= 15 is 0 Å². The molecule has 0 amide bonds. The topological polar surface area (TPSA) is 58.6 Å². The number of esters is 1. The van der Waals surface area contributed by atoms with Crippen molar-refractivity contribution in [3.63, 3.8) is 0 Å². The van der Waals surface area contributed by atoms with Crippen LogP contribution in [0.5, 0.6) is 0 Å². The summed E-state index contributed by atoms with van der Waals surface area (Å²) in [7, 11) is 1.41. The van der Waals surface area contributed by atoms with Crippen molar-refractivity contribution in [1.29, 1.82) is 0 Å². The van der Waals surface area contributed by atoms with Crippen LogP contribution in [0, 0.1) is 5.92 Å². The van der Waals surface area contributed by atoms with E-state index in [0.717, 1.165) is 19.3 Å². The maximum atomic E-state index is 11.2. The highest BCUT2D eigenvalue weighted by Crippen LogP contribution is 2.09. The van der Waals surface area contributed by atoms with E-state index in [9.17, 15) is 4.79 Å². The van der Waals surface area contributed by atoms with Gasteiger partial charge < -0.3 is 15.2 Å². The van der Waals surface area contributed by atoms with Gasteiger partial charge in [-0.2, -0.15) is 0 Å². The number of methoxy groups -OCH3 is 1. The quantitative estimate of drug-likeness (QED) is 0.619. The van der Waals surface area contributed by atoms with Crippen molar-refractivity contribution >= 4 is 5.97 Å². The van der Waals surface area contributed by atoms with Crippen molar-refractivity contribution in [3.05, 3.63) is 0 Å². The van der Waals surface area contributed by atoms with Gasteiger partial charge in [0.1, 0.15) is 0 Å². The van der Waals surface area contributed by atoms with Crippen molar-refractivity contribution < 1.29 is 14.6 Å². The van der Waals surface area contributed by atoms with Crippen LogP contribution in [0.15, 0.2) is 0 Å². The summed E-state index contributed by atoms with van der Waals surface area (Å²) in [6.45, 7) is 6.21. The van der Waals surface area contributed by atoms with Gasteiger partial charge in [-0.25, -0.2) is 0 Å². The smallest absolute Gasteiger partial charge is 0.308 e. The Balaban J connectivity index is 3.95. The molecular formula is C12H25NO3. The van der Waals surface area contributed by atoms with Crippen LogP contribution >= 0.6 is 0 Å². The molecule has 3 atom stereocenters. The highest BCUT2D eigenvalue weighted by Gasteiger charge is 2.18. The molecule has 0 aromatic carbocycles. The van der Waals surface area contributed by atoms with E-state index in [1.54, 1.807) is 0 Å². The predicted octanol–water partition coefficient (Wildman–Crippen LogP) is 1.32. The molecular weight excluding hydrogens is 206 g/mol. The minimum absolute atomic E-state index is 0.0841. The number of carbonyl (C=O) groups is 1. The number of aliphatic hydroxyl groups excluding tert-OH is 1. The van der Waals surface area contributed by atoms with Crippen LogP contribution in [0.4, 0.5) is 0 Å². The molecule has 0 aliphatic rings. The Morgan fingerprint density at radius 1 is 1.44 bits per heavy atom. The number of hydrogen-bond donors (Lipinski definition) is 2. The number of aliphatic hydroxyl groups is 1. The van der Waals surface area contributed by atoms with Crippen LogP contribution in [-0.2, 0) is 9.53 Å². The van der Waals surface area contributed by atoms with E-state index in [0.29, 0.717) is 6.04 Å². The van der Waals surface area contributed by atoms with Gasteiger partial charge in [0, 0.05) is 18.7 Å². The molecule has 0 radical (unpaired) electrons. The fourth-order valence-electron chi connectivity index (χ4n) is 1.86. The van der Waals surface area contributed by atoms with Crippen LogP contribution in [0.3, 0.4) is 0 Å². The minimum atomic E-state index is -0.163. The zero-order chi connectivity index (χ0) is 12.6. The van der Waals surface area contributed by atoms with Gasteiger partial charge in [0.25, 0.3) is 0 Å². The van der Waals surface area contributed by atoms with Gasteiger partial charge in [0.05, 0.1) is 13.0 Å². The van der Waals surface area contributed by atoms with E-state index < -0.39 is 0 Å². The first-order valence-corrected chi connectivity index (χ1v) is 5.99. The fourth-order valence-corrected chi connectivity index (χ4v) is 1.86. The third-order valence-electron chi connectivity index (χ3n) is 2.80. The summed E-state index contributed by atoms with van der Waals surface area (Å²) in [6.07, 6.45) is 2.50. The lowest BCUT2D eigenvalue weighted by molar-refractivity contribution is -0.145. The monoisotopic (exact) mass is 231 g/mol. The van der Waals surface area contributed by atoms with E-state index in [1.807, 2.05) is 6.92 Å². The third-order valence-corrected chi connectivity index (χ3v) is 2.80. The highest BCUT2D eigenvalue weighted by molar-refractivity contribution is 5.71. The molecule has 0 aliphatic carbocycles. The number of hydrogen-bond acceptors (Lipinski definition) is 4. The first-order chi connectivity index (χ1) is 7.54. The van der Waals surface area contributed by atoms with E-state index in [2.05, 4.69) is 23.9 Å². The standard InChI is InChI=1S/C12H25NO3/c1-5-11(6-7-14)13-10(3)8-9(2)12(15)16-4/h9-11,13-14H,5-8H2,1-4H3. The Labute approximate surface area is 98.4 Å². The summed E-state index contributed by atoms with van der Waals surface area (Å²) in [4.78, 5) is 11.2. The van der Waals surface area contributed by atoms with Crippen molar-refractivity contribution in [2.45, 2.75) is 52.1 Å². The third kappa shape index (κ3) is 6.08. The summed E-state index contributed by atoms with van der Waals surface area (Å²) in [5.74, 6) is -0.247. The molecule has 0 rings (SSSR count). The second kappa shape index (κ2) is 8.53. The molecule has 0 aliphatic heterocycles. The summed E-state index contributed by atoms with van der Waals surface area (Å²) in [5.41, 5.74) is 0. The van der Waals surface area contributed by atoms with Gasteiger partial charge in [0.15, 0.2) is 0 Å². The molecule has 0 heterocycles. The zero-order valence-electron chi connectivity index (χ0n) is 10.8. The predicted molar refractivity (Wildman–Crippen MR) is 64.2 cm³/mol. The molecule has 0 saturated carbocycles. The molecule has 4 nitrogen and oxygen atoms in total. The first kappa shape index (κ1) is 15.4. The molecule has 3 unspecified atom stereocenters. The lowest BCUT2D eigenvalue weighted by Crippen LogP contribution is -2.38. The van der Waals surface area contributed by atoms with Gasteiger partial charge >= 0.3 is 5.97 Å². The normalized spacial score (nSPS) is 16.6. The average molecular weight is 231 g/mol. The Kier molecular flexibility index (Phi) is 8.21. The largest absolute Gasteiger partial charge is 0.469 e. The Morgan fingerprint density at radius 3 is 2.50 bits per heavy atom. The van der Waals surface area contributed by atoms with Gasteiger partial charge in [-0.3, -0.25) is 4.79 Å². The summed E-state index contributed by atoms with van der Waals surface area (Å²) in [6, 6.07) is 0.579. The maximum absolute atomic E-state index is 11.2. The molecule has 0 aromatic rings.